The molecule has 0 atom stereocenters. The van der Waals surface area contributed by atoms with E-state index in [-0.39, 0.29) is 5.56 Å². The van der Waals surface area contributed by atoms with Crippen LogP contribution in [-0.2, 0) is 6.54 Å². The molecule has 0 aliphatic heterocycles. The van der Waals surface area contributed by atoms with Crippen molar-refractivity contribution in [2.45, 2.75) is 6.54 Å². The number of pyridine rings is 1. The minimum absolute atomic E-state index is 0.0623. The topological polar surface area (TPSA) is 22.0 Å². The molecule has 0 saturated carbocycles. The summed E-state index contributed by atoms with van der Waals surface area (Å²) in [6.07, 6.45) is 3.85. The fraction of sp³-hybridized carbons (Fsp3) is 0.375. The van der Waals surface area contributed by atoms with Gasteiger partial charge in [-0.3, -0.25) is 4.79 Å². The standard InChI is InChI=1S/C8H10BrNOS/c1-12-5-4-10-6-7(9)2-3-8(10)11/h2-3,6H,4-5H2,1H3. The first kappa shape index (κ1) is 9.86. The number of thioether (sulfide) groups is 1. The van der Waals surface area contributed by atoms with E-state index >= 15 is 0 Å². The Morgan fingerprint density at radius 3 is 3.00 bits per heavy atom. The minimum atomic E-state index is 0.0623. The molecule has 0 spiro atoms. The molecule has 0 fully saturated rings. The quantitative estimate of drug-likeness (QED) is 0.815. The highest BCUT2D eigenvalue weighted by Crippen LogP contribution is 2.05. The van der Waals surface area contributed by atoms with Crippen molar-refractivity contribution in [2.75, 3.05) is 12.0 Å². The van der Waals surface area contributed by atoms with E-state index in [0.29, 0.717) is 0 Å². The second-order valence-electron chi connectivity index (χ2n) is 2.37. The van der Waals surface area contributed by atoms with Crippen LogP contribution in [0.3, 0.4) is 0 Å². The second-order valence-corrected chi connectivity index (χ2v) is 4.27. The summed E-state index contributed by atoms with van der Waals surface area (Å²) in [5.74, 6) is 0.969. The Bertz CT molecular complexity index is 310. The monoisotopic (exact) mass is 247 g/mol. The first-order valence-electron chi connectivity index (χ1n) is 3.59. The number of hydrogen-bond acceptors (Lipinski definition) is 2. The predicted molar refractivity (Wildman–Crippen MR) is 56.8 cm³/mol. The molecule has 0 radical (unpaired) electrons. The predicted octanol–water partition coefficient (Wildman–Crippen LogP) is 1.97. The number of halogens is 1. The number of nitrogens with zero attached hydrogens (tertiary/aromatic N) is 1. The van der Waals surface area contributed by atoms with E-state index < -0.39 is 0 Å². The first-order chi connectivity index (χ1) is 5.74. The summed E-state index contributed by atoms with van der Waals surface area (Å²) >= 11 is 5.06. The Balaban J connectivity index is 2.83. The average Bonchev–Trinajstić information content (AvgIpc) is 2.07. The van der Waals surface area contributed by atoms with Crippen LogP contribution in [0.15, 0.2) is 27.6 Å². The van der Waals surface area contributed by atoms with Crippen molar-refractivity contribution < 1.29 is 0 Å². The number of aryl methyl sites for hydroxylation is 1. The van der Waals surface area contributed by atoms with Gasteiger partial charge < -0.3 is 4.57 Å². The fourth-order valence-electron chi connectivity index (χ4n) is 0.867. The maximum atomic E-state index is 11.2. The Morgan fingerprint density at radius 1 is 1.58 bits per heavy atom. The lowest BCUT2D eigenvalue weighted by molar-refractivity contribution is 0.733. The molecule has 1 aromatic heterocycles. The third-order valence-electron chi connectivity index (χ3n) is 1.48. The van der Waals surface area contributed by atoms with E-state index in [4.69, 9.17) is 0 Å². The van der Waals surface area contributed by atoms with Gasteiger partial charge in [-0.05, 0) is 28.3 Å². The third kappa shape index (κ3) is 2.68. The Hall–Kier alpha value is -0.220. The van der Waals surface area contributed by atoms with Gasteiger partial charge >= 0.3 is 0 Å². The molecule has 1 aromatic rings. The number of rotatable bonds is 3. The average molecular weight is 248 g/mol. The molecular formula is C8H10BrNOS. The largest absolute Gasteiger partial charge is 0.314 e. The molecule has 1 rings (SSSR count). The van der Waals surface area contributed by atoms with Crippen LogP contribution in [0.1, 0.15) is 0 Å². The molecule has 2 nitrogen and oxygen atoms in total. The van der Waals surface area contributed by atoms with Crippen molar-refractivity contribution in [3.8, 4) is 0 Å². The maximum absolute atomic E-state index is 11.2. The summed E-state index contributed by atoms with van der Waals surface area (Å²) in [5.41, 5.74) is 0.0623. The molecule has 0 aliphatic rings. The molecule has 0 aromatic carbocycles. The van der Waals surface area contributed by atoms with Crippen LogP contribution >= 0.6 is 27.7 Å². The van der Waals surface area contributed by atoms with Gasteiger partial charge in [0.15, 0.2) is 0 Å². The molecule has 0 unspecified atom stereocenters. The Morgan fingerprint density at radius 2 is 2.33 bits per heavy atom. The zero-order valence-electron chi connectivity index (χ0n) is 6.79. The van der Waals surface area contributed by atoms with Gasteiger partial charge in [-0.1, -0.05) is 0 Å². The zero-order chi connectivity index (χ0) is 8.97. The van der Waals surface area contributed by atoms with Crippen molar-refractivity contribution in [3.63, 3.8) is 0 Å². The molecular weight excluding hydrogens is 238 g/mol. The smallest absolute Gasteiger partial charge is 0.250 e. The first-order valence-corrected chi connectivity index (χ1v) is 5.77. The molecule has 12 heavy (non-hydrogen) atoms. The van der Waals surface area contributed by atoms with Gasteiger partial charge in [-0.2, -0.15) is 11.8 Å². The summed E-state index contributed by atoms with van der Waals surface area (Å²) in [6, 6.07) is 3.34. The highest BCUT2D eigenvalue weighted by atomic mass is 79.9. The molecule has 0 amide bonds. The molecule has 1 heterocycles. The van der Waals surface area contributed by atoms with Crippen LogP contribution in [0.2, 0.25) is 0 Å². The van der Waals surface area contributed by atoms with Gasteiger partial charge in [0, 0.05) is 29.0 Å². The van der Waals surface area contributed by atoms with E-state index in [2.05, 4.69) is 15.9 Å². The lowest BCUT2D eigenvalue weighted by Crippen LogP contribution is -2.19. The van der Waals surface area contributed by atoms with E-state index in [9.17, 15) is 4.79 Å². The summed E-state index contributed by atoms with van der Waals surface area (Å²) in [6.45, 7) is 0.777. The Labute approximate surface area is 84.1 Å². The van der Waals surface area contributed by atoms with Crippen LogP contribution in [0.25, 0.3) is 0 Å². The van der Waals surface area contributed by atoms with Crippen LogP contribution < -0.4 is 5.56 Å². The molecule has 0 N–H and O–H groups in total. The fourth-order valence-corrected chi connectivity index (χ4v) is 1.63. The van der Waals surface area contributed by atoms with E-state index in [1.54, 1.807) is 28.5 Å². The molecule has 66 valence electrons. The highest BCUT2D eigenvalue weighted by Gasteiger charge is 1.94. The Kier molecular flexibility index (Phi) is 3.88. The highest BCUT2D eigenvalue weighted by molar-refractivity contribution is 9.10. The van der Waals surface area contributed by atoms with Gasteiger partial charge in [0.1, 0.15) is 0 Å². The molecule has 4 heteroatoms. The number of hydrogen-bond donors (Lipinski definition) is 0. The molecule has 0 aliphatic carbocycles. The summed E-state index contributed by atoms with van der Waals surface area (Å²) in [7, 11) is 0. The minimum Gasteiger partial charge on any atom is -0.314 e. The summed E-state index contributed by atoms with van der Waals surface area (Å²) < 4.78 is 2.66. The van der Waals surface area contributed by atoms with Gasteiger partial charge in [-0.15, -0.1) is 0 Å². The van der Waals surface area contributed by atoms with E-state index in [1.165, 1.54) is 0 Å². The van der Waals surface area contributed by atoms with Crippen molar-refractivity contribution >= 4 is 27.7 Å². The lowest BCUT2D eigenvalue weighted by atomic mass is 10.5. The van der Waals surface area contributed by atoms with E-state index in [1.807, 2.05) is 12.5 Å². The van der Waals surface area contributed by atoms with Crippen LogP contribution in [-0.4, -0.2) is 16.6 Å². The van der Waals surface area contributed by atoms with Crippen LogP contribution in [0, 0.1) is 0 Å². The SMILES string of the molecule is CSCCn1cc(Br)ccc1=O. The second kappa shape index (κ2) is 4.72. The van der Waals surface area contributed by atoms with Crippen LogP contribution in [0.5, 0.6) is 0 Å². The third-order valence-corrected chi connectivity index (χ3v) is 2.54. The van der Waals surface area contributed by atoms with Crippen molar-refractivity contribution in [3.05, 3.63) is 33.2 Å². The van der Waals surface area contributed by atoms with Crippen LogP contribution in [0.4, 0.5) is 0 Å². The normalized spacial score (nSPS) is 10.2. The van der Waals surface area contributed by atoms with Crippen molar-refractivity contribution in [1.82, 2.24) is 4.57 Å². The van der Waals surface area contributed by atoms with Crippen molar-refractivity contribution in [2.24, 2.45) is 0 Å². The van der Waals surface area contributed by atoms with Gasteiger partial charge in [-0.25, -0.2) is 0 Å². The molecule has 0 bridgehead atoms. The summed E-state index contributed by atoms with van der Waals surface area (Å²) in [4.78, 5) is 11.2. The number of aromatic nitrogens is 1. The maximum Gasteiger partial charge on any atom is 0.250 e. The van der Waals surface area contributed by atoms with Gasteiger partial charge in [0.2, 0.25) is 0 Å². The van der Waals surface area contributed by atoms with Gasteiger partial charge in [0.25, 0.3) is 5.56 Å². The molecule has 0 saturated heterocycles. The van der Waals surface area contributed by atoms with Crippen molar-refractivity contribution in [1.29, 1.82) is 0 Å². The summed E-state index contributed by atoms with van der Waals surface area (Å²) in [5, 5.41) is 0. The van der Waals surface area contributed by atoms with Gasteiger partial charge in [0.05, 0.1) is 0 Å². The zero-order valence-corrected chi connectivity index (χ0v) is 9.19. The lowest BCUT2D eigenvalue weighted by Gasteiger charge is -2.03. The van der Waals surface area contributed by atoms with E-state index in [0.717, 1.165) is 16.8 Å².